The smallest absolute Gasteiger partial charge is 0.468 e. The molecule has 224 valence electrons. The lowest BCUT2D eigenvalue weighted by Gasteiger charge is -2.51. The predicted molar refractivity (Wildman–Crippen MR) is 147 cm³/mol. The first-order valence-corrected chi connectivity index (χ1v) is 13.9. The van der Waals surface area contributed by atoms with Crippen molar-refractivity contribution in [1.82, 2.24) is 0 Å². The van der Waals surface area contributed by atoms with E-state index in [2.05, 4.69) is 0 Å². The van der Waals surface area contributed by atoms with Crippen molar-refractivity contribution in [2.24, 2.45) is 11.8 Å². The maximum absolute atomic E-state index is 14.0. The van der Waals surface area contributed by atoms with E-state index in [1.807, 2.05) is 25.1 Å². The zero-order chi connectivity index (χ0) is 30.0. The first-order valence-electron chi connectivity index (χ1n) is 13.5. The van der Waals surface area contributed by atoms with Gasteiger partial charge in [-0.25, -0.2) is 4.79 Å². The fourth-order valence-electron chi connectivity index (χ4n) is 6.76. The minimum atomic E-state index is -5.24. The van der Waals surface area contributed by atoms with Gasteiger partial charge in [-0.05, 0) is 97.2 Å². The number of hydrogen-bond donors (Lipinski definition) is 1. The maximum atomic E-state index is 14.0. The summed E-state index contributed by atoms with van der Waals surface area (Å²) in [6.45, 7) is 2.00. The van der Waals surface area contributed by atoms with Gasteiger partial charge in [-0.1, -0.05) is 30.7 Å². The molecular weight excluding hydrogens is 563 g/mol. The lowest BCUT2D eigenvalue weighted by atomic mass is 9.59. The number of ether oxygens (including phenoxy) is 3. The van der Waals surface area contributed by atoms with Gasteiger partial charge in [0.25, 0.3) is 0 Å². The molecule has 2 atom stereocenters. The van der Waals surface area contributed by atoms with E-state index in [9.17, 15) is 27.9 Å². The van der Waals surface area contributed by atoms with Gasteiger partial charge < -0.3 is 19.3 Å². The number of methoxy groups -OCH3 is 2. The van der Waals surface area contributed by atoms with Gasteiger partial charge in [0.1, 0.15) is 11.3 Å². The molecule has 7 nitrogen and oxygen atoms in total. The van der Waals surface area contributed by atoms with Gasteiger partial charge in [-0.2, -0.15) is 13.2 Å². The highest BCUT2D eigenvalue weighted by molar-refractivity contribution is 6.31. The Morgan fingerprint density at radius 3 is 2.41 bits per heavy atom. The Kier molecular flexibility index (Phi) is 9.26. The normalized spacial score (nSPS) is 24.5. The van der Waals surface area contributed by atoms with E-state index in [1.165, 1.54) is 31.4 Å². The van der Waals surface area contributed by atoms with Gasteiger partial charge in [0, 0.05) is 24.4 Å². The summed E-state index contributed by atoms with van der Waals surface area (Å²) in [6.07, 6.45) is -3.35. The van der Waals surface area contributed by atoms with Gasteiger partial charge in [-0.3, -0.25) is 9.69 Å². The Morgan fingerprint density at radius 1 is 1.12 bits per heavy atom. The van der Waals surface area contributed by atoms with Crippen molar-refractivity contribution in [1.29, 1.82) is 0 Å². The molecule has 1 amide bonds. The molecule has 41 heavy (non-hydrogen) atoms. The first kappa shape index (κ1) is 31.1. The summed E-state index contributed by atoms with van der Waals surface area (Å²) in [4.78, 5) is 27.0. The van der Waals surface area contributed by atoms with E-state index >= 15 is 0 Å². The van der Waals surface area contributed by atoms with Crippen LogP contribution < -0.4 is 9.64 Å². The van der Waals surface area contributed by atoms with Crippen molar-refractivity contribution in [2.75, 3.05) is 32.5 Å². The second-order valence-corrected chi connectivity index (χ2v) is 11.5. The number of rotatable bonds is 9. The number of carbonyl (C=O) groups excluding carboxylic acids is 2. The van der Waals surface area contributed by atoms with Crippen LogP contribution in [0.1, 0.15) is 50.2 Å². The summed E-state index contributed by atoms with van der Waals surface area (Å²) < 4.78 is 57.9. The summed E-state index contributed by atoms with van der Waals surface area (Å²) in [5, 5.41) is 9.96. The highest BCUT2D eigenvalue weighted by Gasteiger charge is 2.60. The molecule has 0 radical (unpaired) electrons. The topological polar surface area (TPSA) is 85.3 Å². The van der Waals surface area contributed by atoms with E-state index in [1.54, 1.807) is 0 Å². The molecule has 1 unspecified atom stereocenters. The number of amides is 1. The largest absolute Gasteiger partial charge is 0.471 e. The molecule has 2 aliphatic rings. The Balaban J connectivity index is 1.81. The predicted octanol–water partition coefficient (Wildman–Crippen LogP) is 5.83. The minimum Gasteiger partial charge on any atom is -0.468 e. The quantitative estimate of drug-likeness (QED) is 0.289. The Morgan fingerprint density at radius 2 is 1.83 bits per heavy atom. The zero-order valence-electron chi connectivity index (χ0n) is 23.3. The average molecular weight is 598 g/mol. The molecule has 0 heterocycles. The van der Waals surface area contributed by atoms with E-state index in [4.69, 9.17) is 25.8 Å². The second-order valence-electron chi connectivity index (χ2n) is 11.1. The third kappa shape index (κ3) is 5.92. The van der Waals surface area contributed by atoms with Crippen LogP contribution in [0.2, 0.25) is 5.02 Å². The van der Waals surface area contributed by atoms with Crippen LogP contribution in [-0.2, 0) is 30.9 Å². The number of carbonyl (C=O) groups is 2. The van der Waals surface area contributed by atoms with E-state index in [-0.39, 0.29) is 48.8 Å². The van der Waals surface area contributed by atoms with Crippen LogP contribution >= 0.6 is 11.6 Å². The summed E-state index contributed by atoms with van der Waals surface area (Å²) >= 11 is 6.12. The molecule has 2 aromatic rings. The molecule has 4 rings (SSSR count). The van der Waals surface area contributed by atoms with Gasteiger partial charge in [-0.15, -0.1) is 0 Å². The molecular formula is C30H35ClF3NO6. The Hall–Kier alpha value is -2.82. The van der Waals surface area contributed by atoms with Crippen LogP contribution in [0.3, 0.4) is 0 Å². The summed E-state index contributed by atoms with van der Waals surface area (Å²) in [6, 6.07) is 11.3. The fourth-order valence-corrected chi connectivity index (χ4v) is 6.95. The standard InChI is InChI=1S/C30H35ClF3NO6/c1-19(17-36)13-21-14-20-7-8-24(41-18-39-2)16-25(20)28(21)9-11-29(12-10-28,27(38)40-3)35(26(37)30(32,33)34)23-6-4-5-22(31)15-23/h4-8,15-16,19,21,36H,9-14,17-18H2,1-3H3/t19-,21?,28?,29?/m1/s1. The second kappa shape index (κ2) is 12.2. The van der Waals surface area contributed by atoms with Crippen molar-refractivity contribution in [3.8, 4) is 5.75 Å². The van der Waals surface area contributed by atoms with Crippen LogP contribution in [0.5, 0.6) is 5.75 Å². The van der Waals surface area contributed by atoms with Crippen LogP contribution in [0.15, 0.2) is 42.5 Å². The third-order valence-corrected chi connectivity index (χ3v) is 8.92. The number of esters is 1. The Bertz CT molecular complexity index is 1260. The van der Waals surface area contributed by atoms with Crippen LogP contribution in [0.4, 0.5) is 18.9 Å². The average Bonchev–Trinajstić information content (AvgIpc) is 3.23. The van der Waals surface area contributed by atoms with Crippen LogP contribution in [0.25, 0.3) is 0 Å². The summed E-state index contributed by atoms with van der Waals surface area (Å²) in [7, 11) is 2.63. The van der Waals surface area contributed by atoms with Gasteiger partial charge in [0.2, 0.25) is 0 Å². The maximum Gasteiger partial charge on any atom is 0.471 e. The first-order chi connectivity index (χ1) is 19.4. The lowest BCUT2D eigenvalue weighted by molar-refractivity contribution is -0.174. The van der Waals surface area contributed by atoms with Crippen molar-refractivity contribution < 1.29 is 42.1 Å². The van der Waals surface area contributed by atoms with Crippen molar-refractivity contribution in [2.45, 2.75) is 62.6 Å². The number of nitrogens with zero attached hydrogens (tertiary/aromatic N) is 1. The Labute approximate surface area is 242 Å². The number of halogens is 4. The number of hydrogen-bond acceptors (Lipinski definition) is 6. The number of benzene rings is 2. The number of fused-ring (bicyclic) bond motifs is 2. The summed E-state index contributed by atoms with van der Waals surface area (Å²) in [5.41, 5.74) is -0.445. The van der Waals surface area contributed by atoms with Gasteiger partial charge >= 0.3 is 18.1 Å². The van der Waals surface area contributed by atoms with Gasteiger partial charge in [0.15, 0.2) is 6.79 Å². The van der Waals surface area contributed by atoms with Crippen molar-refractivity contribution in [3.63, 3.8) is 0 Å². The lowest BCUT2D eigenvalue weighted by Crippen LogP contribution is -2.63. The monoisotopic (exact) mass is 597 g/mol. The van der Waals surface area contributed by atoms with Crippen LogP contribution in [-0.4, -0.2) is 56.3 Å². The molecule has 1 saturated carbocycles. The van der Waals surface area contributed by atoms with E-state index < -0.39 is 29.0 Å². The van der Waals surface area contributed by atoms with Crippen molar-refractivity contribution >= 4 is 29.2 Å². The SMILES string of the molecule is COCOc1ccc2c(c1)C1(CCC(C(=O)OC)(N(C(=O)C(F)(F)F)c3cccc(Cl)c3)CC1)C(C[C@@H](C)CO)C2. The molecule has 1 spiro atoms. The number of aliphatic hydroxyl groups is 1. The van der Waals surface area contributed by atoms with E-state index in [0.29, 0.717) is 29.9 Å². The molecule has 0 bridgehead atoms. The molecule has 0 saturated heterocycles. The highest BCUT2D eigenvalue weighted by Crippen LogP contribution is 2.58. The molecule has 2 aromatic carbocycles. The van der Waals surface area contributed by atoms with Crippen LogP contribution in [0, 0.1) is 11.8 Å². The third-order valence-electron chi connectivity index (χ3n) is 8.68. The number of alkyl halides is 3. The fraction of sp³-hybridized carbons (Fsp3) is 0.533. The molecule has 11 heteroatoms. The molecule has 2 aliphatic carbocycles. The summed E-state index contributed by atoms with van der Waals surface area (Å²) in [5.74, 6) is -2.42. The number of anilines is 1. The molecule has 1 fully saturated rings. The molecule has 0 aromatic heterocycles. The minimum absolute atomic E-state index is 0.000147. The highest BCUT2D eigenvalue weighted by atomic mass is 35.5. The number of aliphatic hydroxyl groups excluding tert-OH is 1. The molecule has 1 N–H and O–H groups in total. The zero-order valence-corrected chi connectivity index (χ0v) is 24.1. The van der Waals surface area contributed by atoms with E-state index in [0.717, 1.165) is 24.7 Å². The van der Waals surface area contributed by atoms with Gasteiger partial charge in [0.05, 0.1) is 7.11 Å². The molecule has 0 aliphatic heterocycles. The van der Waals surface area contributed by atoms with Crippen molar-refractivity contribution in [3.05, 3.63) is 58.6 Å².